The molecule has 2 aliphatic heterocycles. The predicted octanol–water partition coefficient (Wildman–Crippen LogP) is 2.41. The van der Waals surface area contributed by atoms with Crippen LogP contribution in [0.15, 0.2) is 17.6 Å². The third kappa shape index (κ3) is 4.32. The normalized spacial score (nSPS) is 21.6. The van der Waals surface area contributed by atoms with Crippen molar-refractivity contribution in [2.45, 2.75) is 32.1 Å². The molecule has 0 aliphatic carbocycles. The summed E-state index contributed by atoms with van der Waals surface area (Å²) in [4.78, 5) is 24.8. The number of aromatic nitrogens is 1. The van der Waals surface area contributed by atoms with E-state index in [2.05, 4.69) is 16.0 Å². The zero-order valence-corrected chi connectivity index (χ0v) is 19.4. The number of amides is 1. The van der Waals surface area contributed by atoms with Gasteiger partial charge in [-0.2, -0.15) is 5.26 Å². The number of thiophene rings is 1. The molecule has 4 heterocycles. The SMILES string of the molecule is CC(N1CCN(C(=O)c2cnc3sccc3c2N2CCC(C)(C#N)CC2)CC1)S(=O)[O-]. The lowest BCUT2D eigenvalue weighted by Crippen LogP contribution is -2.52. The highest BCUT2D eigenvalue weighted by Gasteiger charge is 2.34. The maximum absolute atomic E-state index is 13.5. The quantitative estimate of drug-likeness (QED) is 0.645. The summed E-state index contributed by atoms with van der Waals surface area (Å²) in [5.74, 6) is -0.0697. The number of rotatable bonds is 4. The first-order chi connectivity index (χ1) is 14.8. The molecule has 0 aromatic carbocycles. The minimum atomic E-state index is -2.16. The van der Waals surface area contributed by atoms with Crippen LogP contribution in [0.25, 0.3) is 10.2 Å². The Morgan fingerprint density at radius 3 is 2.58 bits per heavy atom. The standard InChI is InChI=1S/C21H27N5O3S2/c1-15(31(28)29)24-8-10-26(11-9-24)20(27)17-13-23-19-16(3-12-30-19)18(17)25-6-4-21(2,14-22)5-7-25/h3,12-13,15H,4-11H2,1-2H3,(H,28,29)/p-1. The number of hydrogen-bond acceptors (Lipinski definition) is 8. The van der Waals surface area contributed by atoms with Gasteiger partial charge in [-0.3, -0.25) is 13.9 Å². The van der Waals surface area contributed by atoms with Crippen LogP contribution in [0.2, 0.25) is 0 Å². The molecule has 2 aliphatic rings. The third-order valence-corrected chi connectivity index (χ3v) is 8.22. The number of nitrogens with zero attached hydrogens (tertiary/aromatic N) is 5. The van der Waals surface area contributed by atoms with E-state index in [1.54, 1.807) is 29.4 Å². The Bertz CT molecular complexity index is 1030. The van der Waals surface area contributed by atoms with E-state index in [4.69, 9.17) is 0 Å². The Balaban J connectivity index is 1.58. The smallest absolute Gasteiger partial charge is 0.257 e. The molecule has 2 aromatic rings. The molecule has 4 rings (SSSR count). The van der Waals surface area contributed by atoms with Crippen LogP contribution in [0.3, 0.4) is 0 Å². The Morgan fingerprint density at radius 1 is 1.29 bits per heavy atom. The van der Waals surface area contributed by atoms with Gasteiger partial charge in [0.15, 0.2) is 0 Å². The molecule has 10 heteroatoms. The van der Waals surface area contributed by atoms with Crippen molar-refractivity contribution in [3.8, 4) is 6.07 Å². The second-order valence-electron chi connectivity index (χ2n) is 8.51. The van der Waals surface area contributed by atoms with E-state index in [1.165, 1.54) is 0 Å². The van der Waals surface area contributed by atoms with Crippen molar-refractivity contribution >= 4 is 44.2 Å². The lowest BCUT2D eigenvalue weighted by molar-refractivity contribution is 0.0626. The Morgan fingerprint density at radius 2 is 1.97 bits per heavy atom. The van der Waals surface area contributed by atoms with Crippen molar-refractivity contribution in [2.24, 2.45) is 5.41 Å². The number of piperazine rings is 1. The Labute approximate surface area is 188 Å². The number of fused-ring (bicyclic) bond motifs is 1. The average Bonchev–Trinajstić information content (AvgIpc) is 3.27. The molecule has 0 saturated carbocycles. The van der Waals surface area contributed by atoms with Crippen LogP contribution in [-0.2, 0) is 11.1 Å². The van der Waals surface area contributed by atoms with Crippen molar-refractivity contribution in [3.05, 3.63) is 23.2 Å². The van der Waals surface area contributed by atoms with Gasteiger partial charge in [-0.25, -0.2) is 4.98 Å². The van der Waals surface area contributed by atoms with Gasteiger partial charge >= 0.3 is 0 Å². The van der Waals surface area contributed by atoms with Gasteiger partial charge in [0.1, 0.15) is 4.83 Å². The van der Waals surface area contributed by atoms with Crippen LogP contribution < -0.4 is 4.90 Å². The van der Waals surface area contributed by atoms with Gasteiger partial charge in [0.25, 0.3) is 5.91 Å². The summed E-state index contributed by atoms with van der Waals surface area (Å²) in [6, 6.07) is 4.45. The molecule has 0 bridgehead atoms. The minimum Gasteiger partial charge on any atom is -0.771 e. The number of carbonyl (C=O) groups excluding carboxylic acids is 1. The van der Waals surface area contributed by atoms with Crippen LogP contribution >= 0.6 is 11.3 Å². The van der Waals surface area contributed by atoms with Gasteiger partial charge in [0.2, 0.25) is 0 Å². The molecule has 2 aromatic heterocycles. The molecule has 0 N–H and O–H groups in total. The fourth-order valence-electron chi connectivity index (χ4n) is 4.32. The molecule has 2 fully saturated rings. The van der Waals surface area contributed by atoms with Crippen LogP contribution in [0.4, 0.5) is 5.69 Å². The number of anilines is 1. The maximum Gasteiger partial charge on any atom is 0.257 e. The van der Waals surface area contributed by atoms with Crippen LogP contribution in [-0.4, -0.2) is 74.1 Å². The summed E-state index contributed by atoms with van der Waals surface area (Å²) in [7, 11) is 0. The molecule has 0 radical (unpaired) electrons. The molecule has 0 spiro atoms. The summed E-state index contributed by atoms with van der Waals surface area (Å²) >= 11 is -0.605. The molecule has 166 valence electrons. The van der Waals surface area contributed by atoms with E-state index >= 15 is 0 Å². The fraction of sp³-hybridized carbons (Fsp3) is 0.571. The van der Waals surface area contributed by atoms with Gasteiger partial charge in [-0.15, -0.1) is 11.3 Å². The zero-order chi connectivity index (χ0) is 22.2. The Hall–Kier alpha value is -2.06. The highest BCUT2D eigenvalue weighted by Crippen LogP contribution is 2.38. The second kappa shape index (κ2) is 8.82. The van der Waals surface area contributed by atoms with Gasteiger partial charge in [-0.1, -0.05) is 0 Å². The number of hydrogen-bond donors (Lipinski definition) is 0. The minimum absolute atomic E-state index is 0.0697. The number of nitriles is 1. The Kier molecular flexibility index (Phi) is 6.30. The van der Waals surface area contributed by atoms with Crippen molar-refractivity contribution in [1.82, 2.24) is 14.8 Å². The zero-order valence-electron chi connectivity index (χ0n) is 17.7. The van der Waals surface area contributed by atoms with Gasteiger partial charge in [0.05, 0.1) is 28.1 Å². The molecule has 8 nitrogen and oxygen atoms in total. The van der Waals surface area contributed by atoms with Crippen LogP contribution in [0.1, 0.15) is 37.0 Å². The van der Waals surface area contributed by atoms with E-state index in [0.29, 0.717) is 31.7 Å². The summed E-state index contributed by atoms with van der Waals surface area (Å²) in [5.41, 5.74) is 1.17. The maximum atomic E-state index is 13.5. The summed E-state index contributed by atoms with van der Waals surface area (Å²) in [5, 5.41) is 11.9. The van der Waals surface area contributed by atoms with Crippen molar-refractivity contribution in [2.75, 3.05) is 44.2 Å². The lowest BCUT2D eigenvalue weighted by atomic mass is 9.81. The monoisotopic (exact) mass is 460 g/mol. The molecule has 31 heavy (non-hydrogen) atoms. The lowest BCUT2D eigenvalue weighted by Gasteiger charge is -2.40. The van der Waals surface area contributed by atoms with Gasteiger partial charge in [0, 0.05) is 50.9 Å². The molecule has 2 saturated heterocycles. The predicted molar refractivity (Wildman–Crippen MR) is 121 cm³/mol. The summed E-state index contributed by atoms with van der Waals surface area (Å²) < 4.78 is 22.5. The van der Waals surface area contributed by atoms with Crippen molar-refractivity contribution in [3.63, 3.8) is 0 Å². The number of pyridine rings is 1. The molecule has 2 unspecified atom stereocenters. The van der Waals surface area contributed by atoms with E-state index in [-0.39, 0.29) is 11.3 Å². The number of carbonyl (C=O) groups is 1. The molecule has 1 amide bonds. The van der Waals surface area contributed by atoms with Gasteiger partial charge < -0.3 is 14.4 Å². The molecule has 2 atom stereocenters. The first-order valence-electron chi connectivity index (χ1n) is 10.5. The average molecular weight is 461 g/mol. The third-order valence-electron chi connectivity index (χ3n) is 6.54. The number of piperidine rings is 1. The van der Waals surface area contributed by atoms with Crippen LogP contribution in [0.5, 0.6) is 0 Å². The van der Waals surface area contributed by atoms with Crippen molar-refractivity contribution in [1.29, 1.82) is 5.26 Å². The van der Waals surface area contributed by atoms with E-state index < -0.39 is 16.5 Å². The topological polar surface area (TPSA) is 104 Å². The fourth-order valence-corrected chi connectivity index (χ4v) is 5.52. The van der Waals surface area contributed by atoms with E-state index in [0.717, 1.165) is 41.8 Å². The van der Waals surface area contributed by atoms with E-state index in [1.807, 2.05) is 23.3 Å². The molecular formula is C21H26N5O3S2-. The van der Waals surface area contributed by atoms with Crippen molar-refractivity contribution < 1.29 is 13.6 Å². The van der Waals surface area contributed by atoms with Gasteiger partial charge in [-0.05, 0) is 49.2 Å². The second-order valence-corrected chi connectivity index (χ2v) is 10.6. The van der Waals surface area contributed by atoms with Crippen LogP contribution in [0, 0.1) is 16.7 Å². The first kappa shape index (κ1) is 22.1. The summed E-state index contributed by atoms with van der Waals surface area (Å²) in [6.07, 6.45) is 3.19. The molecular weight excluding hydrogens is 434 g/mol. The van der Waals surface area contributed by atoms with E-state index in [9.17, 15) is 18.8 Å². The largest absolute Gasteiger partial charge is 0.771 e. The summed E-state index contributed by atoms with van der Waals surface area (Å²) in [6.45, 7) is 7.11. The highest BCUT2D eigenvalue weighted by molar-refractivity contribution is 7.79. The first-order valence-corrected chi connectivity index (χ1v) is 12.5. The highest BCUT2D eigenvalue weighted by atomic mass is 32.2.